The van der Waals surface area contributed by atoms with Crippen LogP contribution in [0.1, 0.15) is 0 Å². The number of rotatable bonds is 3. The van der Waals surface area contributed by atoms with Gasteiger partial charge in [-0.1, -0.05) is 91.0 Å². The SMILES string of the molecule is C[P](c1ccccc1)(c1ccccc1)c1ccccc1.[Pd]. The maximum Gasteiger partial charge on any atom is 0 e. The predicted octanol–water partition coefficient (Wildman–Crippen LogP) is 3.61. The van der Waals surface area contributed by atoms with E-state index >= 15 is 0 Å². The Bertz CT molecular complexity index is 569. The molecule has 0 bridgehead atoms. The summed E-state index contributed by atoms with van der Waals surface area (Å²) in [5.41, 5.74) is 0. The van der Waals surface area contributed by atoms with Gasteiger partial charge in [0.2, 0.25) is 0 Å². The van der Waals surface area contributed by atoms with Crippen LogP contribution in [0.25, 0.3) is 0 Å². The van der Waals surface area contributed by atoms with E-state index in [4.69, 9.17) is 0 Å². The first kappa shape index (κ1) is 16.1. The van der Waals surface area contributed by atoms with Gasteiger partial charge in [0.15, 0.2) is 0 Å². The Labute approximate surface area is 141 Å². The number of hydrogen-bond acceptors (Lipinski definition) is 0. The minimum absolute atomic E-state index is 0. The van der Waals surface area contributed by atoms with Crippen molar-refractivity contribution in [1.82, 2.24) is 0 Å². The molecular formula is C19H18PPd. The summed E-state index contributed by atoms with van der Waals surface area (Å²) >= 11 is 0. The van der Waals surface area contributed by atoms with Crippen LogP contribution in [0.15, 0.2) is 91.0 Å². The van der Waals surface area contributed by atoms with Crippen molar-refractivity contribution in [3.05, 3.63) is 91.0 Å². The molecule has 109 valence electrons. The molecule has 0 aromatic heterocycles. The molecule has 0 saturated heterocycles. The first-order chi connectivity index (χ1) is 9.82. The summed E-state index contributed by atoms with van der Waals surface area (Å²) in [7, 11) is -1.53. The van der Waals surface area contributed by atoms with Gasteiger partial charge in [-0.3, -0.25) is 0 Å². The van der Waals surface area contributed by atoms with Gasteiger partial charge in [-0.25, -0.2) is 0 Å². The van der Waals surface area contributed by atoms with Gasteiger partial charge >= 0.3 is 0 Å². The summed E-state index contributed by atoms with van der Waals surface area (Å²) < 4.78 is 0. The number of hydrogen-bond donors (Lipinski definition) is 0. The second-order valence-electron chi connectivity index (χ2n) is 5.01. The number of benzene rings is 3. The fourth-order valence-corrected chi connectivity index (χ4v) is 5.83. The van der Waals surface area contributed by atoms with Crippen molar-refractivity contribution < 1.29 is 20.4 Å². The van der Waals surface area contributed by atoms with Crippen molar-refractivity contribution >= 4 is 23.2 Å². The van der Waals surface area contributed by atoms with Gasteiger partial charge in [-0.15, -0.1) is 0 Å². The van der Waals surface area contributed by atoms with E-state index in [0.717, 1.165) is 0 Å². The van der Waals surface area contributed by atoms with Gasteiger partial charge in [0, 0.05) is 20.4 Å². The van der Waals surface area contributed by atoms with Gasteiger partial charge in [0.05, 0.1) is 0 Å². The molecule has 0 unspecified atom stereocenters. The van der Waals surface area contributed by atoms with Crippen molar-refractivity contribution in [1.29, 1.82) is 0 Å². The van der Waals surface area contributed by atoms with Crippen LogP contribution in [0.5, 0.6) is 0 Å². The standard InChI is InChI=1S/C19H18P.Pd/c1-20(17-11-5-2-6-12-17,18-13-7-3-8-14-18)19-15-9-4-10-16-19;/h2-16H,1H3;. The van der Waals surface area contributed by atoms with E-state index in [0.29, 0.717) is 0 Å². The fraction of sp³-hybridized carbons (Fsp3) is 0.0526. The van der Waals surface area contributed by atoms with Gasteiger partial charge in [-0.2, -0.15) is 0 Å². The van der Waals surface area contributed by atoms with Crippen LogP contribution in [0.4, 0.5) is 0 Å². The average molecular weight is 384 g/mol. The Morgan fingerprint density at radius 1 is 0.476 bits per heavy atom. The Kier molecular flexibility index (Phi) is 5.49. The second-order valence-corrected chi connectivity index (χ2v) is 8.57. The Morgan fingerprint density at radius 3 is 0.952 bits per heavy atom. The zero-order chi connectivity index (χ0) is 13.8. The molecule has 3 rings (SSSR count). The van der Waals surface area contributed by atoms with Crippen LogP contribution >= 0.6 is 7.26 Å². The zero-order valence-corrected chi connectivity index (χ0v) is 14.4. The summed E-state index contributed by atoms with van der Waals surface area (Å²) in [6.07, 6.45) is 0. The molecule has 0 amide bonds. The average Bonchev–Trinajstić information content (AvgIpc) is 2.56. The molecule has 0 fully saturated rings. The van der Waals surface area contributed by atoms with Crippen molar-refractivity contribution in [3.8, 4) is 0 Å². The quantitative estimate of drug-likeness (QED) is 0.479. The van der Waals surface area contributed by atoms with E-state index in [-0.39, 0.29) is 20.4 Å². The molecular weight excluding hydrogens is 366 g/mol. The van der Waals surface area contributed by atoms with E-state index < -0.39 is 7.26 Å². The van der Waals surface area contributed by atoms with Crippen LogP contribution in [-0.2, 0) is 20.4 Å². The van der Waals surface area contributed by atoms with E-state index in [2.05, 4.69) is 97.7 Å². The van der Waals surface area contributed by atoms with E-state index in [1.807, 2.05) is 0 Å². The molecule has 0 nitrogen and oxygen atoms in total. The third kappa shape index (κ3) is 3.17. The third-order valence-corrected chi connectivity index (χ3v) is 7.81. The Balaban J connectivity index is 0.00000161. The van der Waals surface area contributed by atoms with Crippen LogP contribution in [0.3, 0.4) is 0 Å². The third-order valence-electron chi connectivity index (χ3n) is 3.82. The van der Waals surface area contributed by atoms with Crippen LogP contribution in [0.2, 0.25) is 0 Å². The van der Waals surface area contributed by atoms with Gasteiger partial charge in [-0.05, 0) is 29.8 Å². The molecule has 3 aromatic rings. The van der Waals surface area contributed by atoms with E-state index in [1.54, 1.807) is 0 Å². The zero-order valence-electron chi connectivity index (χ0n) is 11.9. The second kappa shape index (κ2) is 7.15. The molecule has 0 N–H and O–H groups in total. The Morgan fingerprint density at radius 2 is 0.714 bits per heavy atom. The first-order valence-corrected chi connectivity index (χ1v) is 9.09. The van der Waals surface area contributed by atoms with Crippen LogP contribution < -0.4 is 15.9 Å². The molecule has 0 spiro atoms. The summed E-state index contributed by atoms with van der Waals surface area (Å²) in [4.78, 5) is 0. The Hall–Kier alpha value is -1.25. The molecule has 0 heterocycles. The van der Waals surface area contributed by atoms with Gasteiger partial charge in [0.1, 0.15) is 0 Å². The van der Waals surface area contributed by atoms with Crippen molar-refractivity contribution in [2.24, 2.45) is 0 Å². The molecule has 2 heteroatoms. The molecule has 0 saturated carbocycles. The molecule has 1 radical (unpaired) electrons. The molecule has 0 aliphatic heterocycles. The first-order valence-electron chi connectivity index (χ1n) is 6.85. The predicted molar refractivity (Wildman–Crippen MR) is 91.1 cm³/mol. The van der Waals surface area contributed by atoms with Crippen molar-refractivity contribution in [2.75, 3.05) is 6.66 Å². The van der Waals surface area contributed by atoms with Gasteiger partial charge in [0.25, 0.3) is 0 Å². The topological polar surface area (TPSA) is 0 Å². The maximum atomic E-state index is 2.41. The van der Waals surface area contributed by atoms with Crippen LogP contribution in [0, 0.1) is 0 Å². The smallest absolute Gasteiger partial charge is 0 e. The molecule has 0 aliphatic rings. The maximum absolute atomic E-state index is 2.41. The van der Waals surface area contributed by atoms with Crippen molar-refractivity contribution in [2.45, 2.75) is 0 Å². The fourth-order valence-electron chi connectivity index (χ4n) is 2.63. The van der Waals surface area contributed by atoms with Crippen molar-refractivity contribution in [3.63, 3.8) is 0 Å². The molecule has 3 aromatic carbocycles. The minimum Gasteiger partial charge on any atom is -0.0622 e. The monoisotopic (exact) mass is 383 g/mol. The van der Waals surface area contributed by atoms with Gasteiger partial charge < -0.3 is 0 Å². The summed E-state index contributed by atoms with van der Waals surface area (Å²) in [5.74, 6) is 0. The molecule has 21 heavy (non-hydrogen) atoms. The molecule has 0 atom stereocenters. The van der Waals surface area contributed by atoms with E-state index in [9.17, 15) is 0 Å². The van der Waals surface area contributed by atoms with Crippen LogP contribution in [-0.4, -0.2) is 6.66 Å². The molecule has 0 aliphatic carbocycles. The normalized spacial score (nSPS) is 10.7. The minimum atomic E-state index is -1.53. The summed E-state index contributed by atoms with van der Waals surface area (Å²) in [6, 6.07) is 32.6. The van der Waals surface area contributed by atoms with E-state index in [1.165, 1.54) is 15.9 Å². The summed E-state index contributed by atoms with van der Waals surface area (Å²) in [5, 5.41) is 4.28. The summed E-state index contributed by atoms with van der Waals surface area (Å²) in [6.45, 7) is 2.41. The largest absolute Gasteiger partial charge is 0.0622 e.